The predicted molar refractivity (Wildman–Crippen MR) is 96.8 cm³/mol. The number of aromatic nitrogens is 1. The van der Waals surface area contributed by atoms with Crippen molar-refractivity contribution in [1.29, 1.82) is 0 Å². The third-order valence-corrected chi connectivity index (χ3v) is 4.57. The summed E-state index contributed by atoms with van der Waals surface area (Å²) < 4.78 is 0. The SMILES string of the molecule is Cc1ccc(Nc2ccnc(C(=O)N3CCN(C)CC3)c2)cc1C. The van der Waals surface area contributed by atoms with Crippen LogP contribution in [0.3, 0.4) is 0 Å². The molecule has 1 N–H and O–H groups in total. The number of benzene rings is 1. The first-order chi connectivity index (χ1) is 11.5. The molecule has 1 amide bonds. The van der Waals surface area contributed by atoms with Crippen LogP contribution in [0.25, 0.3) is 0 Å². The molecule has 0 spiro atoms. The van der Waals surface area contributed by atoms with Gasteiger partial charge in [0.1, 0.15) is 5.69 Å². The standard InChI is InChI=1S/C19H24N4O/c1-14-4-5-16(12-15(14)2)21-17-6-7-20-18(13-17)19(24)23-10-8-22(3)9-11-23/h4-7,12-13H,8-11H2,1-3H3,(H,20,21). The molecule has 1 saturated heterocycles. The lowest BCUT2D eigenvalue weighted by molar-refractivity contribution is 0.0658. The maximum atomic E-state index is 12.6. The molecule has 3 rings (SSSR count). The van der Waals surface area contributed by atoms with Crippen LogP contribution < -0.4 is 5.32 Å². The first-order valence-corrected chi connectivity index (χ1v) is 8.31. The molecule has 0 saturated carbocycles. The molecule has 1 fully saturated rings. The zero-order chi connectivity index (χ0) is 17.1. The van der Waals surface area contributed by atoms with E-state index in [-0.39, 0.29) is 5.91 Å². The number of anilines is 2. The Morgan fingerprint density at radius 2 is 1.71 bits per heavy atom. The quantitative estimate of drug-likeness (QED) is 0.943. The average Bonchev–Trinajstić information content (AvgIpc) is 2.58. The molecule has 1 aromatic carbocycles. The maximum Gasteiger partial charge on any atom is 0.272 e. The Balaban J connectivity index is 1.73. The van der Waals surface area contributed by atoms with E-state index in [2.05, 4.69) is 48.2 Å². The Bertz CT molecular complexity index is 736. The molecule has 5 nitrogen and oxygen atoms in total. The summed E-state index contributed by atoms with van der Waals surface area (Å²) in [6.07, 6.45) is 1.69. The van der Waals surface area contributed by atoms with E-state index in [0.29, 0.717) is 5.69 Å². The first kappa shape index (κ1) is 16.5. The topological polar surface area (TPSA) is 48.5 Å². The molecule has 5 heteroatoms. The van der Waals surface area contributed by atoms with Gasteiger partial charge in [-0.1, -0.05) is 6.07 Å². The Morgan fingerprint density at radius 1 is 1.00 bits per heavy atom. The molecule has 1 aliphatic heterocycles. The number of rotatable bonds is 3. The second-order valence-corrected chi connectivity index (χ2v) is 6.45. The van der Waals surface area contributed by atoms with Gasteiger partial charge in [0.15, 0.2) is 0 Å². The summed E-state index contributed by atoms with van der Waals surface area (Å²) in [5.74, 6) is 0.00633. The number of carbonyl (C=O) groups excluding carboxylic acids is 1. The van der Waals surface area contributed by atoms with Gasteiger partial charge < -0.3 is 15.1 Å². The van der Waals surface area contributed by atoms with Crippen molar-refractivity contribution in [2.75, 3.05) is 38.5 Å². The van der Waals surface area contributed by atoms with Gasteiger partial charge in [-0.05, 0) is 56.3 Å². The monoisotopic (exact) mass is 324 g/mol. The summed E-state index contributed by atoms with van der Waals surface area (Å²) in [6, 6.07) is 9.96. The van der Waals surface area contributed by atoms with Crippen molar-refractivity contribution < 1.29 is 4.79 Å². The lowest BCUT2D eigenvalue weighted by Gasteiger charge is -2.32. The zero-order valence-corrected chi connectivity index (χ0v) is 14.5. The summed E-state index contributed by atoms with van der Waals surface area (Å²) in [6.45, 7) is 7.52. The van der Waals surface area contributed by atoms with Crippen LogP contribution in [0.2, 0.25) is 0 Å². The number of aryl methyl sites for hydroxylation is 2. The normalized spacial score (nSPS) is 15.4. The van der Waals surface area contributed by atoms with Crippen molar-refractivity contribution >= 4 is 17.3 Å². The molecule has 126 valence electrons. The van der Waals surface area contributed by atoms with Crippen LogP contribution in [0.15, 0.2) is 36.5 Å². The third-order valence-electron chi connectivity index (χ3n) is 4.57. The summed E-state index contributed by atoms with van der Waals surface area (Å²) in [5, 5.41) is 3.36. The molecular formula is C19H24N4O. The van der Waals surface area contributed by atoms with E-state index in [9.17, 15) is 4.79 Å². The summed E-state index contributed by atoms with van der Waals surface area (Å²) in [7, 11) is 2.08. The Hall–Kier alpha value is -2.40. The Labute approximate surface area is 143 Å². The highest BCUT2D eigenvalue weighted by Crippen LogP contribution is 2.20. The smallest absolute Gasteiger partial charge is 0.272 e. The lowest BCUT2D eigenvalue weighted by Crippen LogP contribution is -2.47. The number of likely N-dealkylation sites (N-methyl/N-ethyl adjacent to an activating group) is 1. The molecule has 24 heavy (non-hydrogen) atoms. The van der Waals surface area contributed by atoms with E-state index in [1.165, 1.54) is 11.1 Å². The van der Waals surface area contributed by atoms with Crippen LogP contribution in [-0.4, -0.2) is 53.9 Å². The van der Waals surface area contributed by atoms with Crippen molar-refractivity contribution in [2.45, 2.75) is 13.8 Å². The number of nitrogens with one attached hydrogen (secondary N) is 1. The van der Waals surface area contributed by atoms with E-state index in [1.54, 1.807) is 6.20 Å². The van der Waals surface area contributed by atoms with Crippen molar-refractivity contribution in [2.24, 2.45) is 0 Å². The summed E-state index contributed by atoms with van der Waals surface area (Å²) in [4.78, 5) is 21.0. The fourth-order valence-corrected chi connectivity index (χ4v) is 2.78. The van der Waals surface area contributed by atoms with Gasteiger partial charge >= 0.3 is 0 Å². The number of nitrogens with zero attached hydrogens (tertiary/aromatic N) is 3. The number of amides is 1. The second-order valence-electron chi connectivity index (χ2n) is 6.45. The van der Waals surface area contributed by atoms with Gasteiger partial charge in [-0.3, -0.25) is 9.78 Å². The minimum atomic E-state index is 0.00633. The molecule has 1 aromatic heterocycles. The van der Waals surface area contributed by atoms with Gasteiger partial charge in [0, 0.05) is 43.8 Å². The molecule has 1 aliphatic rings. The van der Waals surface area contributed by atoms with Gasteiger partial charge in [-0.25, -0.2) is 0 Å². The van der Waals surface area contributed by atoms with Gasteiger partial charge in [0.05, 0.1) is 0 Å². The Kier molecular flexibility index (Phi) is 4.81. The fourth-order valence-electron chi connectivity index (χ4n) is 2.78. The van der Waals surface area contributed by atoms with Gasteiger partial charge in [-0.15, -0.1) is 0 Å². The minimum absolute atomic E-state index is 0.00633. The predicted octanol–water partition coefficient (Wildman–Crippen LogP) is 2.83. The van der Waals surface area contributed by atoms with E-state index in [1.807, 2.05) is 23.1 Å². The van der Waals surface area contributed by atoms with Crippen LogP contribution >= 0.6 is 0 Å². The summed E-state index contributed by atoms with van der Waals surface area (Å²) in [5.41, 5.74) is 4.89. The lowest BCUT2D eigenvalue weighted by atomic mass is 10.1. The Morgan fingerprint density at radius 3 is 2.42 bits per heavy atom. The minimum Gasteiger partial charge on any atom is -0.355 e. The van der Waals surface area contributed by atoms with Crippen molar-refractivity contribution in [3.05, 3.63) is 53.3 Å². The molecule has 2 heterocycles. The number of pyridine rings is 1. The van der Waals surface area contributed by atoms with Crippen LogP contribution in [0.5, 0.6) is 0 Å². The van der Waals surface area contributed by atoms with Crippen molar-refractivity contribution in [1.82, 2.24) is 14.8 Å². The zero-order valence-electron chi connectivity index (χ0n) is 14.5. The average molecular weight is 324 g/mol. The fraction of sp³-hybridized carbons (Fsp3) is 0.368. The van der Waals surface area contributed by atoms with Crippen molar-refractivity contribution in [3.63, 3.8) is 0 Å². The van der Waals surface area contributed by atoms with E-state index in [0.717, 1.165) is 37.6 Å². The number of carbonyl (C=O) groups is 1. The van der Waals surface area contributed by atoms with E-state index in [4.69, 9.17) is 0 Å². The molecule has 2 aromatic rings. The van der Waals surface area contributed by atoms with Gasteiger partial charge in [-0.2, -0.15) is 0 Å². The van der Waals surface area contributed by atoms with E-state index < -0.39 is 0 Å². The highest BCUT2D eigenvalue weighted by atomic mass is 16.2. The van der Waals surface area contributed by atoms with Crippen molar-refractivity contribution in [3.8, 4) is 0 Å². The molecule has 0 atom stereocenters. The molecular weight excluding hydrogens is 300 g/mol. The van der Waals surface area contributed by atoms with Crippen LogP contribution in [0.4, 0.5) is 11.4 Å². The largest absolute Gasteiger partial charge is 0.355 e. The third kappa shape index (κ3) is 3.74. The summed E-state index contributed by atoms with van der Waals surface area (Å²) >= 11 is 0. The molecule has 0 radical (unpaired) electrons. The number of hydrogen-bond acceptors (Lipinski definition) is 4. The number of hydrogen-bond donors (Lipinski definition) is 1. The van der Waals surface area contributed by atoms with Gasteiger partial charge in [0.25, 0.3) is 5.91 Å². The first-order valence-electron chi connectivity index (χ1n) is 8.31. The van der Waals surface area contributed by atoms with Crippen LogP contribution in [-0.2, 0) is 0 Å². The second kappa shape index (κ2) is 7.01. The number of piperazine rings is 1. The van der Waals surface area contributed by atoms with Gasteiger partial charge in [0.2, 0.25) is 0 Å². The van der Waals surface area contributed by atoms with Crippen LogP contribution in [0, 0.1) is 13.8 Å². The molecule has 0 bridgehead atoms. The highest BCUT2D eigenvalue weighted by molar-refractivity contribution is 5.93. The van der Waals surface area contributed by atoms with Crippen LogP contribution in [0.1, 0.15) is 21.6 Å². The van der Waals surface area contributed by atoms with E-state index >= 15 is 0 Å². The molecule has 0 aliphatic carbocycles. The highest BCUT2D eigenvalue weighted by Gasteiger charge is 2.21. The molecule has 0 unspecified atom stereocenters. The maximum absolute atomic E-state index is 12.6.